The Bertz CT molecular complexity index is 1200. The van der Waals surface area contributed by atoms with Crippen molar-refractivity contribution in [2.45, 2.75) is 43.9 Å². The van der Waals surface area contributed by atoms with E-state index in [-0.39, 0.29) is 30.3 Å². The van der Waals surface area contributed by atoms with Gasteiger partial charge in [-0.2, -0.15) is 4.98 Å². The van der Waals surface area contributed by atoms with Gasteiger partial charge in [0.15, 0.2) is 11.5 Å². The molecule has 1 amide bonds. The number of alkyl halides is 1. The second-order valence-corrected chi connectivity index (χ2v) is 9.29. The fourth-order valence-electron chi connectivity index (χ4n) is 5.15. The van der Waals surface area contributed by atoms with Crippen molar-refractivity contribution in [2.75, 3.05) is 39.0 Å². The summed E-state index contributed by atoms with van der Waals surface area (Å²) in [7, 11) is 1.51. The van der Waals surface area contributed by atoms with Crippen molar-refractivity contribution in [3.63, 3.8) is 0 Å². The second-order valence-electron chi connectivity index (χ2n) is 9.29. The van der Waals surface area contributed by atoms with E-state index in [1.54, 1.807) is 23.4 Å². The molecule has 3 aromatic rings. The van der Waals surface area contributed by atoms with Gasteiger partial charge in [-0.05, 0) is 25.0 Å². The zero-order valence-corrected chi connectivity index (χ0v) is 19.7. The Balaban J connectivity index is 1.20. The SMILES string of the molecule is COc1nc2c(F)cccc2n1C1CCN(C(=O)C2(F)CCN(Cc3cnc(N)nc3)CC2)CC1. The first kappa shape index (κ1) is 23.4. The summed E-state index contributed by atoms with van der Waals surface area (Å²) in [5.74, 6) is -0.613. The number of fused-ring (bicyclic) bond motifs is 1. The number of carbonyl (C=O) groups excluding carboxylic acids is 1. The predicted octanol–water partition coefficient (Wildman–Crippen LogP) is 2.72. The lowest BCUT2D eigenvalue weighted by Gasteiger charge is -2.40. The van der Waals surface area contributed by atoms with E-state index >= 15 is 4.39 Å². The van der Waals surface area contributed by atoms with E-state index in [1.807, 2.05) is 10.6 Å². The Morgan fingerprint density at radius 2 is 1.86 bits per heavy atom. The first-order valence-corrected chi connectivity index (χ1v) is 11.9. The third-order valence-electron chi connectivity index (χ3n) is 7.10. The summed E-state index contributed by atoms with van der Waals surface area (Å²) in [4.78, 5) is 29.2. The third-order valence-corrected chi connectivity index (χ3v) is 7.10. The average molecular weight is 486 g/mol. The molecule has 35 heavy (non-hydrogen) atoms. The van der Waals surface area contributed by atoms with E-state index in [0.29, 0.717) is 57.1 Å². The van der Waals surface area contributed by atoms with Crippen LogP contribution in [0.5, 0.6) is 6.01 Å². The molecule has 2 saturated heterocycles. The Morgan fingerprint density at radius 3 is 2.51 bits per heavy atom. The van der Waals surface area contributed by atoms with E-state index in [1.165, 1.54) is 13.2 Å². The van der Waals surface area contributed by atoms with Crippen LogP contribution in [0.15, 0.2) is 30.6 Å². The molecule has 11 heteroatoms. The number of hydrogen-bond donors (Lipinski definition) is 1. The molecular formula is C24H29F2N7O2. The quantitative estimate of drug-likeness (QED) is 0.593. The van der Waals surface area contributed by atoms with Crippen molar-refractivity contribution in [3.05, 3.63) is 42.0 Å². The van der Waals surface area contributed by atoms with Crippen molar-refractivity contribution >= 4 is 22.9 Å². The standard InChI is InChI=1S/C24H29F2N7O2/c1-35-23-30-20-18(25)3-2-4-19(20)33(23)17-5-9-32(10-6-17)21(34)24(26)7-11-31(12-8-24)15-16-13-28-22(27)29-14-16/h2-4,13-14,17H,5-12,15H2,1H3,(H2,27,28,29). The zero-order valence-electron chi connectivity index (χ0n) is 19.7. The maximum absolute atomic E-state index is 15.7. The Morgan fingerprint density at radius 1 is 1.17 bits per heavy atom. The summed E-state index contributed by atoms with van der Waals surface area (Å²) < 4.78 is 37.2. The molecule has 9 nitrogen and oxygen atoms in total. The number of likely N-dealkylation sites (tertiary alicyclic amines) is 2. The predicted molar refractivity (Wildman–Crippen MR) is 126 cm³/mol. The summed E-state index contributed by atoms with van der Waals surface area (Å²) in [6, 6.07) is 5.16. The number of aromatic nitrogens is 4. The minimum atomic E-state index is -1.86. The number of para-hydroxylation sites is 1. The number of carbonyl (C=O) groups is 1. The molecule has 0 bridgehead atoms. The molecule has 0 unspecified atom stereocenters. The summed E-state index contributed by atoms with van der Waals surface area (Å²) in [5, 5.41) is 0. The summed E-state index contributed by atoms with van der Waals surface area (Å²) in [6.45, 7) is 2.41. The van der Waals surface area contributed by atoms with Crippen molar-refractivity contribution in [3.8, 4) is 6.01 Å². The van der Waals surface area contributed by atoms with Gasteiger partial charge in [-0.25, -0.2) is 18.7 Å². The van der Waals surface area contributed by atoms with Crippen molar-refractivity contribution < 1.29 is 18.3 Å². The van der Waals surface area contributed by atoms with E-state index in [0.717, 1.165) is 5.56 Å². The number of methoxy groups -OCH3 is 1. The molecule has 186 valence electrons. The number of piperidine rings is 2. The van der Waals surface area contributed by atoms with Crippen LogP contribution in [-0.2, 0) is 11.3 Å². The van der Waals surface area contributed by atoms with E-state index in [9.17, 15) is 9.18 Å². The number of amides is 1. The first-order chi connectivity index (χ1) is 16.9. The van der Waals surface area contributed by atoms with Crippen molar-refractivity contribution in [2.24, 2.45) is 0 Å². The molecule has 0 atom stereocenters. The first-order valence-electron chi connectivity index (χ1n) is 11.9. The van der Waals surface area contributed by atoms with Gasteiger partial charge in [0.1, 0.15) is 5.52 Å². The molecule has 5 rings (SSSR count). The second kappa shape index (κ2) is 9.37. The molecule has 4 heterocycles. The smallest absolute Gasteiger partial charge is 0.297 e. The number of imidazole rings is 1. The van der Waals surface area contributed by atoms with Crippen LogP contribution < -0.4 is 10.5 Å². The lowest BCUT2D eigenvalue weighted by Crippen LogP contribution is -2.53. The van der Waals surface area contributed by atoms with Gasteiger partial charge in [-0.1, -0.05) is 6.07 Å². The van der Waals surface area contributed by atoms with Gasteiger partial charge in [-0.3, -0.25) is 14.3 Å². The van der Waals surface area contributed by atoms with Crippen LogP contribution >= 0.6 is 0 Å². The monoisotopic (exact) mass is 485 g/mol. The van der Waals surface area contributed by atoms with Gasteiger partial charge >= 0.3 is 0 Å². The molecule has 2 aliphatic rings. The topological polar surface area (TPSA) is 102 Å². The molecule has 0 saturated carbocycles. The fourth-order valence-corrected chi connectivity index (χ4v) is 5.15. The normalized spacial score (nSPS) is 19.2. The summed E-state index contributed by atoms with van der Waals surface area (Å²) >= 11 is 0. The molecule has 2 N–H and O–H groups in total. The van der Waals surface area contributed by atoms with Crippen LogP contribution in [0.4, 0.5) is 14.7 Å². The maximum Gasteiger partial charge on any atom is 0.297 e. The summed E-state index contributed by atoms with van der Waals surface area (Å²) in [6.07, 6.45) is 4.87. The Hall–Kier alpha value is -3.34. The third kappa shape index (κ3) is 4.52. The van der Waals surface area contributed by atoms with E-state index < -0.39 is 17.4 Å². The van der Waals surface area contributed by atoms with Crippen LogP contribution in [0.1, 0.15) is 37.3 Å². The number of halogens is 2. The van der Waals surface area contributed by atoms with E-state index in [4.69, 9.17) is 10.5 Å². The molecule has 0 radical (unpaired) electrons. The number of nitrogens with zero attached hydrogens (tertiary/aromatic N) is 6. The van der Waals surface area contributed by atoms with Crippen LogP contribution in [0, 0.1) is 5.82 Å². The molecule has 1 aromatic carbocycles. The lowest BCUT2D eigenvalue weighted by atomic mass is 9.90. The van der Waals surface area contributed by atoms with Gasteiger partial charge in [-0.15, -0.1) is 0 Å². The van der Waals surface area contributed by atoms with Crippen LogP contribution in [0.2, 0.25) is 0 Å². The maximum atomic E-state index is 15.7. The molecule has 2 aliphatic heterocycles. The van der Waals surface area contributed by atoms with Crippen LogP contribution in [0.3, 0.4) is 0 Å². The van der Waals surface area contributed by atoms with Crippen LogP contribution in [0.25, 0.3) is 11.0 Å². The number of hydrogen-bond acceptors (Lipinski definition) is 7. The molecule has 0 aliphatic carbocycles. The average Bonchev–Trinajstić information content (AvgIpc) is 3.27. The zero-order chi connectivity index (χ0) is 24.6. The minimum Gasteiger partial charge on any atom is -0.468 e. The van der Waals surface area contributed by atoms with Gasteiger partial charge in [0.25, 0.3) is 11.9 Å². The largest absolute Gasteiger partial charge is 0.468 e. The number of anilines is 1. The number of benzene rings is 1. The highest BCUT2D eigenvalue weighted by Gasteiger charge is 2.45. The molecular weight excluding hydrogens is 456 g/mol. The highest BCUT2D eigenvalue weighted by molar-refractivity contribution is 5.85. The van der Waals surface area contributed by atoms with Gasteiger partial charge in [0, 0.05) is 69.6 Å². The van der Waals surface area contributed by atoms with Crippen molar-refractivity contribution in [1.29, 1.82) is 0 Å². The number of rotatable bonds is 5. The van der Waals surface area contributed by atoms with Gasteiger partial charge in [0.2, 0.25) is 5.95 Å². The Labute approximate surface area is 201 Å². The molecule has 2 fully saturated rings. The van der Waals surface area contributed by atoms with Gasteiger partial charge < -0.3 is 15.4 Å². The fraction of sp³-hybridized carbons (Fsp3) is 0.500. The van der Waals surface area contributed by atoms with Crippen LogP contribution in [-0.4, -0.2) is 74.2 Å². The molecule has 2 aromatic heterocycles. The number of nitrogen functional groups attached to an aromatic ring is 1. The van der Waals surface area contributed by atoms with E-state index in [2.05, 4.69) is 19.9 Å². The number of nitrogens with two attached hydrogens (primary N) is 1. The minimum absolute atomic E-state index is 0.0136. The molecule has 0 spiro atoms. The highest BCUT2D eigenvalue weighted by Crippen LogP contribution is 2.35. The summed E-state index contributed by atoms with van der Waals surface area (Å²) in [5.41, 5.74) is 5.50. The highest BCUT2D eigenvalue weighted by atomic mass is 19.1. The van der Waals surface area contributed by atoms with Crippen molar-refractivity contribution in [1.82, 2.24) is 29.3 Å². The lowest BCUT2D eigenvalue weighted by molar-refractivity contribution is -0.148. The van der Waals surface area contributed by atoms with Gasteiger partial charge in [0.05, 0.1) is 12.6 Å². The Kier molecular flexibility index (Phi) is 6.26. The number of ether oxygens (including phenoxy) is 1.